The molecule has 1 fully saturated rings. The van der Waals surface area contributed by atoms with Crippen LogP contribution >= 0.6 is 11.8 Å². The van der Waals surface area contributed by atoms with Crippen molar-refractivity contribution in [2.45, 2.75) is 45.3 Å². The van der Waals surface area contributed by atoms with Crippen LogP contribution in [0.2, 0.25) is 0 Å². The van der Waals surface area contributed by atoms with E-state index in [1.54, 1.807) is 18.9 Å². The molecule has 106 valence electrons. The average molecular weight is 274 g/mol. The summed E-state index contributed by atoms with van der Waals surface area (Å²) in [4.78, 5) is 11.3. The number of carbonyl (C=O) groups is 1. The maximum absolute atomic E-state index is 11.3. The fraction of sp³-hybridized carbons (Fsp3) is 0.929. The minimum Gasteiger partial charge on any atom is -0.481 e. The molecule has 0 aromatic rings. The monoisotopic (exact) mass is 274 g/mol. The van der Waals surface area contributed by atoms with Crippen molar-refractivity contribution in [3.63, 3.8) is 0 Å². The van der Waals surface area contributed by atoms with E-state index in [0.717, 1.165) is 25.0 Å². The molecule has 1 rings (SSSR count). The molecule has 18 heavy (non-hydrogen) atoms. The van der Waals surface area contributed by atoms with Gasteiger partial charge >= 0.3 is 5.97 Å². The second-order valence-electron chi connectivity index (χ2n) is 6.22. The largest absolute Gasteiger partial charge is 0.481 e. The highest BCUT2D eigenvalue weighted by molar-refractivity contribution is 7.99. The molecule has 1 aliphatic rings. The van der Waals surface area contributed by atoms with Crippen molar-refractivity contribution in [1.82, 2.24) is 0 Å². The predicted molar refractivity (Wildman–Crippen MR) is 76.0 cm³/mol. The van der Waals surface area contributed by atoms with Gasteiger partial charge in [-0.15, -0.1) is 0 Å². The maximum atomic E-state index is 11.3. The predicted octanol–water partition coefficient (Wildman–Crippen LogP) is 3.28. The van der Waals surface area contributed by atoms with Gasteiger partial charge in [-0.3, -0.25) is 4.79 Å². The van der Waals surface area contributed by atoms with Crippen molar-refractivity contribution < 1.29 is 14.6 Å². The van der Waals surface area contributed by atoms with Crippen molar-refractivity contribution in [2.24, 2.45) is 17.3 Å². The van der Waals surface area contributed by atoms with Crippen LogP contribution < -0.4 is 0 Å². The SMILES string of the molecule is COCCSC1CC(C(C)(C)C)CCC1C(=O)O. The van der Waals surface area contributed by atoms with Gasteiger partial charge in [0, 0.05) is 18.1 Å². The Kier molecular flexibility index (Phi) is 5.99. The first-order valence-corrected chi connectivity index (χ1v) is 7.74. The van der Waals surface area contributed by atoms with Gasteiger partial charge < -0.3 is 9.84 Å². The summed E-state index contributed by atoms with van der Waals surface area (Å²) in [6.45, 7) is 7.48. The molecule has 0 spiro atoms. The Morgan fingerprint density at radius 2 is 2.06 bits per heavy atom. The van der Waals surface area contributed by atoms with Crippen LogP contribution in [0.15, 0.2) is 0 Å². The van der Waals surface area contributed by atoms with Gasteiger partial charge in [-0.1, -0.05) is 20.8 Å². The zero-order valence-electron chi connectivity index (χ0n) is 11.9. The van der Waals surface area contributed by atoms with Crippen LogP contribution in [0.3, 0.4) is 0 Å². The lowest BCUT2D eigenvalue weighted by molar-refractivity contribution is -0.143. The number of thioether (sulfide) groups is 1. The smallest absolute Gasteiger partial charge is 0.307 e. The number of aliphatic carboxylic acids is 1. The van der Waals surface area contributed by atoms with Crippen LogP contribution in [0.4, 0.5) is 0 Å². The summed E-state index contributed by atoms with van der Waals surface area (Å²) in [5.74, 6) is 0.720. The van der Waals surface area contributed by atoms with Gasteiger partial charge in [0.1, 0.15) is 0 Å². The van der Waals surface area contributed by atoms with Crippen LogP contribution in [0, 0.1) is 17.3 Å². The Morgan fingerprint density at radius 1 is 1.39 bits per heavy atom. The van der Waals surface area contributed by atoms with Crippen molar-refractivity contribution in [2.75, 3.05) is 19.5 Å². The van der Waals surface area contributed by atoms with Gasteiger partial charge in [-0.25, -0.2) is 0 Å². The summed E-state index contributed by atoms with van der Waals surface area (Å²) in [7, 11) is 1.69. The van der Waals surface area contributed by atoms with Gasteiger partial charge in [0.25, 0.3) is 0 Å². The highest BCUT2D eigenvalue weighted by Gasteiger charge is 2.39. The molecule has 1 saturated carbocycles. The van der Waals surface area contributed by atoms with Crippen molar-refractivity contribution >= 4 is 17.7 Å². The molecule has 1 aliphatic carbocycles. The molecular weight excluding hydrogens is 248 g/mol. The van der Waals surface area contributed by atoms with E-state index in [1.807, 2.05) is 0 Å². The van der Waals surface area contributed by atoms with E-state index in [1.165, 1.54) is 0 Å². The Balaban J connectivity index is 2.61. The number of hydrogen-bond acceptors (Lipinski definition) is 3. The Labute approximate surface area is 115 Å². The molecule has 0 aromatic heterocycles. The van der Waals surface area contributed by atoms with E-state index in [-0.39, 0.29) is 16.6 Å². The molecule has 0 amide bonds. The molecular formula is C14H26O3S. The normalized spacial score (nSPS) is 29.2. The third-order valence-corrected chi connectivity index (χ3v) is 5.30. The lowest BCUT2D eigenvalue weighted by Gasteiger charge is -2.40. The minimum absolute atomic E-state index is 0.176. The Morgan fingerprint density at radius 3 is 2.56 bits per heavy atom. The fourth-order valence-electron chi connectivity index (χ4n) is 2.67. The Bertz CT molecular complexity index is 273. The van der Waals surface area contributed by atoms with E-state index in [2.05, 4.69) is 20.8 Å². The zero-order valence-corrected chi connectivity index (χ0v) is 12.8. The van der Waals surface area contributed by atoms with E-state index >= 15 is 0 Å². The van der Waals surface area contributed by atoms with Gasteiger partial charge in [0.05, 0.1) is 12.5 Å². The second kappa shape index (κ2) is 6.80. The summed E-state index contributed by atoms with van der Waals surface area (Å²) in [5, 5.41) is 9.56. The van der Waals surface area contributed by atoms with E-state index in [4.69, 9.17) is 4.74 Å². The van der Waals surface area contributed by atoms with Crippen molar-refractivity contribution in [3.05, 3.63) is 0 Å². The van der Waals surface area contributed by atoms with Gasteiger partial charge in [0.2, 0.25) is 0 Å². The minimum atomic E-state index is -0.628. The number of carboxylic acid groups (broad SMARTS) is 1. The molecule has 0 bridgehead atoms. The molecule has 3 unspecified atom stereocenters. The fourth-order valence-corrected chi connectivity index (χ4v) is 4.08. The first-order chi connectivity index (χ1) is 8.36. The standard InChI is InChI=1S/C14H26O3S/c1-14(2,3)10-5-6-11(13(15)16)12(9-10)18-8-7-17-4/h10-12H,5-9H2,1-4H3,(H,15,16). The number of methoxy groups -OCH3 is 1. The molecule has 0 saturated heterocycles. The van der Waals surface area contributed by atoms with E-state index in [0.29, 0.717) is 12.5 Å². The summed E-state index contributed by atoms with van der Waals surface area (Å²) >= 11 is 1.77. The van der Waals surface area contributed by atoms with Crippen molar-refractivity contribution in [3.8, 4) is 0 Å². The topological polar surface area (TPSA) is 46.5 Å². The third kappa shape index (κ3) is 4.47. The van der Waals surface area contributed by atoms with E-state index in [9.17, 15) is 9.90 Å². The molecule has 0 aromatic carbocycles. The highest BCUT2D eigenvalue weighted by Crippen LogP contribution is 2.44. The first kappa shape index (κ1) is 15.8. The summed E-state index contributed by atoms with van der Waals surface area (Å²) in [6, 6.07) is 0. The highest BCUT2D eigenvalue weighted by atomic mass is 32.2. The maximum Gasteiger partial charge on any atom is 0.307 e. The first-order valence-electron chi connectivity index (χ1n) is 6.69. The van der Waals surface area contributed by atoms with E-state index < -0.39 is 5.97 Å². The molecule has 3 atom stereocenters. The zero-order chi connectivity index (χ0) is 13.8. The van der Waals surface area contributed by atoms with Gasteiger partial charge in [-0.2, -0.15) is 11.8 Å². The molecule has 0 heterocycles. The van der Waals surface area contributed by atoms with Crippen molar-refractivity contribution in [1.29, 1.82) is 0 Å². The molecule has 4 heteroatoms. The molecule has 1 N–H and O–H groups in total. The summed E-state index contributed by atoms with van der Waals surface area (Å²) in [5.41, 5.74) is 0.281. The lowest BCUT2D eigenvalue weighted by atomic mass is 9.69. The number of hydrogen-bond donors (Lipinski definition) is 1. The second-order valence-corrected chi connectivity index (χ2v) is 7.57. The molecule has 3 nitrogen and oxygen atoms in total. The van der Waals surface area contributed by atoms with Crippen LogP contribution in [-0.4, -0.2) is 35.8 Å². The number of carboxylic acids is 1. The Hall–Kier alpha value is -0.220. The molecule has 0 aliphatic heterocycles. The molecule has 0 radical (unpaired) electrons. The summed E-state index contributed by atoms with van der Waals surface area (Å²) in [6.07, 6.45) is 2.89. The quantitative estimate of drug-likeness (QED) is 0.782. The number of rotatable bonds is 5. The number of ether oxygens (including phenoxy) is 1. The third-order valence-electron chi connectivity index (χ3n) is 3.95. The van der Waals surface area contributed by atoms with Crippen LogP contribution in [0.25, 0.3) is 0 Å². The van der Waals surface area contributed by atoms with Crippen LogP contribution in [0.1, 0.15) is 40.0 Å². The summed E-state index contributed by atoms with van der Waals surface area (Å²) < 4.78 is 5.05. The van der Waals surface area contributed by atoms with Gasteiger partial charge in [0.15, 0.2) is 0 Å². The van der Waals surface area contributed by atoms with Crippen LogP contribution in [0.5, 0.6) is 0 Å². The van der Waals surface area contributed by atoms with Crippen LogP contribution in [-0.2, 0) is 9.53 Å². The average Bonchev–Trinajstić information content (AvgIpc) is 2.27. The lowest BCUT2D eigenvalue weighted by Crippen LogP contribution is -2.37. The van der Waals surface area contributed by atoms with Gasteiger partial charge in [-0.05, 0) is 30.6 Å².